The fourth-order valence-corrected chi connectivity index (χ4v) is 5.69. The highest BCUT2D eigenvalue weighted by atomic mass is 32.1. The minimum atomic E-state index is -0.563. The van der Waals surface area contributed by atoms with Gasteiger partial charge in [-0.05, 0) is 50.2 Å². The lowest BCUT2D eigenvalue weighted by Crippen LogP contribution is -2.47. The second kappa shape index (κ2) is 8.03. The molecule has 0 aromatic carbocycles. The number of fused-ring (bicyclic) bond motifs is 2. The molecular weight excluding hydrogens is 378 g/mol. The van der Waals surface area contributed by atoms with Gasteiger partial charge in [0.1, 0.15) is 6.54 Å². The molecule has 3 aliphatic rings. The summed E-state index contributed by atoms with van der Waals surface area (Å²) in [5, 5.41) is 0. The number of imide groups is 1. The fourth-order valence-electron chi connectivity index (χ4n) is 4.54. The van der Waals surface area contributed by atoms with Crippen molar-refractivity contribution in [2.45, 2.75) is 57.8 Å². The third-order valence-electron chi connectivity index (χ3n) is 6.02. The van der Waals surface area contributed by atoms with Crippen LogP contribution in [0.4, 0.5) is 0 Å². The van der Waals surface area contributed by atoms with Crippen LogP contribution in [0.3, 0.4) is 0 Å². The number of likely N-dealkylation sites (tertiary alicyclic amines) is 1. The van der Waals surface area contributed by atoms with Crippen LogP contribution >= 0.6 is 11.3 Å². The fraction of sp³-hybridized carbons (Fsp3) is 0.600. The largest absolute Gasteiger partial charge is 0.279 e. The average molecular weight is 404 g/mol. The van der Waals surface area contributed by atoms with Crippen molar-refractivity contribution in [3.8, 4) is 0 Å². The molecule has 150 valence electrons. The van der Waals surface area contributed by atoms with E-state index in [1.54, 1.807) is 0 Å². The van der Waals surface area contributed by atoms with E-state index in [-0.39, 0.29) is 36.1 Å². The molecule has 2 N–H and O–H groups in total. The lowest BCUT2D eigenvalue weighted by molar-refractivity contribution is -0.143. The van der Waals surface area contributed by atoms with Crippen LogP contribution in [0.15, 0.2) is 6.07 Å². The summed E-state index contributed by atoms with van der Waals surface area (Å²) < 4.78 is 0. The van der Waals surface area contributed by atoms with Crippen molar-refractivity contribution < 1.29 is 19.2 Å². The quantitative estimate of drug-likeness (QED) is 0.458. The van der Waals surface area contributed by atoms with Crippen molar-refractivity contribution in [3.63, 3.8) is 0 Å². The maximum atomic E-state index is 12.4. The smallest absolute Gasteiger partial charge is 0.274 e. The van der Waals surface area contributed by atoms with E-state index < -0.39 is 5.91 Å². The Morgan fingerprint density at radius 3 is 2.36 bits per heavy atom. The molecule has 1 saturated heterocycles. The van der Waals surface area contributed by atoms with Crippen molar-refractivity contribution in [3.05, 3.63) is 21.4 Å². The molecule has 4 rings (SSSR count). The molecule has 8 heteroatoms. The molecule has 1 aliphatic heterocycles. The molecule has 4 amide bonds. The molecule has 1 saturated carbocycles. The van der Waals surface area contributed by atoms with E-state index in [9.17, 15) is 19.2 Å². The molecule has 7 nitrogen and oxygen atoms in total. The predicted molar refractivity (Wildman–Crippen MR) is 103 cm³/mol. The molecule has 1 aromatic rings. The highest BCUT2D eigenvalue weighted by Gasteiger charge is 2.48. The van der Waals surface area contributed by atoms with E-state index in [2.05, 4.69) is 10.9 Å². The predicted octanol–water partition coefficient (Wildman–Crippen LogP) is 1.95. The van der Waals surface area contributed by atoms with Gasteiger partial charge in [0.15, 0.2) is 0 Å². The Bertz CT molecular complexity index is 771. The molecule has 0 spiro atoms. The van der Waals surface area contributed by atoms with Crippen molar-refractivity contribution >= 4 is 35.0 Å². The number of carbonyl (C=O) groups is 4. The van der Waals surface area contributed by atoms with Gasteiger partial charge in [-0.15, -0.1) is 11.3 Å². The molecule has 2 fully saturated rings. The van der Waals surface area contributed by atoms with Crippen LogP contribution in [0, 0.1) is 11.8 Å². The number of aryl methyl sites for hydroxylation is 2. The number of thiophene rings is 1. The summed E-state index contributed by atoms with van der Waals surface area (Å²) in [4.78, 5) is 52.3. The van der Waals surface area contributed by atoms with Gasteiger partial charge in [-0.1, -0.05) is 19.3 Å². The first-order chi connectivity index (χ1) is 13.5. The van der Waals surface area contributed by atoms with Gasteiger partial charge in [0, 0.05) is 4.88 Å². The van der Waals surface area contributed by atoms with E-state index in [1.165, 1.54) is 28.2 Å². The number of rotatable bonds is 3. The van der Waals surface area contributed by atoms with Gasteiger partial charge >= 0.3 is 0 Å². The SMILES string of the molecule is O=C(CN1C(=O)[C@H]2CCCC[C@H]2C1=O)NNC(=O)c1cc2c(s1)CCCCC2. The Balaban J connectivity index is 1.31. The van der Waals surface area contributed by atoms with Gasteiger partial charge < -0.3 is 0 Å². The average Bonchev–Trinajstić information content (AvgIpc) is 3.12. The molecule has 1 aromatic heterocycles. The van der Waals surface area contributed by atoms with E-state index in [1.807, 2.05) is 6.07 Å². The summed E-state index contributed by atoms with van der Waals surface area (Å²) in [7, 11) is 0. The van der Waals surface area contributed by atoms with Gasteiger partial charge in [-0.2, -0.15) is 0 Å². The first-order valence-corrected chi connectivity index (χ1v) is 10.9. The lowest BCUT2D eigenvalue weighted by Gasteiger charge is -2.19. The summed E-state index contributed by atoms with van der Waals surface area (Å²) in [5.41, 5.74) is 5.99. The third-order valence-corrected chi connectivity index (χ3v) is 7.26. The van der Waals surface area contributed by atoms with Crippen LogP contribution in [-0.4, -0.2) is 35.1 Å². The summed E-state index contributed by atoms with van der Waals surface area (Å²) in [6, 6.07) is 1.91. The number of amides is 4. The minimum absolute atomic E-state index is 0.252. The maximum absolute atomic E-state index is 12.4. The zero-order valence-corrected chi connectivity index (χ0v) is 16.6. The summed E-state index contributed by atoms with van der Waals surface area (Å²) in [6.07, 6.45) is 8.82. The van der Waals surface area contributed by atoms with Crippen molar-refractivity contribution in [1.82, 2.24) is 15.8 Å². The number of nitrogens with one attached hydrogen (secondary N) is 2. The summed E-state index contributed by atoms with van der Waals surface area (Å²) >= 11 is 1.47. The highest BCUT2D eigenvalue weighted by Crippen LogP contribution is 2.37. The Labute approximate surface area is 167 Å². The molecule has 0 bridgehead atoms. The Kier molecular flexibility index (Phi) is 5.48. The highest BCUT2D eigenvalue weighted by molar-refractivity contribution is 7.14. The van der Waals surface area contributed by atoms with Gasteiger partial charge in [-0.3, -0.25) is 34.9 Å². The van der Waals surface area contributed by atoms with Gasteiger partial charge in [0.25, 0.3) is 11.8 Å². The van der Waals surface area contributed by atoms with Crippen LogP contribution in [-0.2, 0) is 27.2 Å². The van der Waals surface area contributed by atoms with Gasteiger partial charge in [-0.25, -0.2) is 0 Å². The van der Waals surface area contributed by atoms with Crippen LogP contribution in [0.2, 0.25) is 0 Å². The molecular formula is C20H25N3O4S. The Hall–Kier alpha value is -2.22. The first-order valence-electron chi connectivity index (χ1n) is 10.1. The minimum Gasteiger partial charge on any atom is -0.274 e. The number of carbonyl (C=O) groups excluding carboxylic acids is 4. The number of nitrogens with zero attached hydrogens (tertiary/aromatic N) is 1. The number of hydrogen-bond donors (Lipinski definition) is 2. The molecule has 2 heterocycles. The Morgan fingerprint density at radius 1 is 0.964 bits per heavy atom. The zero-order valence-electron chi connectivity index (χ0n) is 15.8. The zero-order chi connectivity index (χ0) is 19.7. The second-order valence-electron chi connectivity index (χ2n) is 7.88. The third kappa shape index (κ3) is 3.70. The monoisotopic (exact) mass is 403 g/mol. The van der Waals surface area contributed by atoms with Crippen LogP contribution in [0.5, 0.6) is 0 Å². The van der Waals surface area contributed by atoms with Gasteiger partial charge in [0.05, 0.1) is 16.7 Å². The summed E-state index contributed by atoms with van der Waals surface area (Å²) in [5.74, 6) is -1.97. The Morgan fingerprint density at radius 2 is 1.64 bits per heavy atom. The van der Waals surface area contributed by atoms with E-state index >= 15 is 0 Å². The molecule has 2 aliphatic carbocycles. The van der Waals surface area contributed by atoms with Crippen LogP contribution < -0.4 is 10.9 Å². The molecule has 0 radical (unpaired) electrons. The molecule has 0 unspecified atom stereocenters. The van der Waals surface area contributed by atoms with E-state index in [0.29, 0.717) is 17.7 Å². The normalized spacial score (nSPS) is 24.4. The number of hydrogen-bond acceptors (Lipinski definition) is 5. The van der Waals surface area contributed by atoms with Gasteiger partial charge in [0.2, 0.25) is 11.8 Å². The first kappa shape index (κ1) is 19.1. The van der Waals surface area contributed by atoms with Crippen molar-refractivity contribution in [1.29, 1.82) is 0 Å². The lowest BCUT2D eigenvalue weighted by atomic mass is 9.81. The molecule has 2 atom stereocenters. The van der Waals surface area contributed by atoms with E-state index in [4.69, 9.17) is 0 Å². The topological polar surface area (TPSA) is 95.6 Å². The summed E-state index contributed by atoms with van der Waals surface area (Å²) in [6.45, 7) is -0.341. The van der Waals surface area contributed by atoms with Crippen molar-refractivity contribution in [2.24, 2.45) is 11.8 Å². The van der Waals surface area contributed by atoms with Crippen LogP contribution in [0.25, 0.3) is 0 Å². The van der Waals surface area contributed by atoms with Crippen LogP contribution in [0.1, 0.15) is 65.1 Å². The standard InChI is InChI=1S/C20H25N3O4S/c24-17(11-23-19(26)13-7-4-5-8-14(13)20(23)27)21-22-18(25)16-10-12-6-2-1-3-9-15(12)28-16/h10,13-14H,1-9,11H2,(H,21,24)(H,22,25)/t13-,14+. The van der Waals surface area contributed by atoms with Crippen molar-refractivity contribution in [2.75, 3.05) is 6.54 Å². The molecule has 28 heavy (non-hydrogen) atoms. The van der Waals surface area contributed by atoms with E-state index in [0.717, 1.165) is 43.4 Å². The number of hydrazine groups is 1. The second-order valence-corrected chi connectivity index (χ2v) is 9.02. The maximum Gasteiger partial charge on any atom is 0.279 e.